The van der Waals surface area contributed by atoms with Crippen molar-refractivity contribution in [3.05, 3.63) is 265 Å². The Morgan fingerprint density at radius 2 is 0.884 bits per heavy atom. The summed E-state index contributed by atoms with van der Waals surface area (Å²) < 4.78 is 2.40. The SMILES string of the molecule is CC1(c2ccccc2)C=C(c2cccc(-c3ccc(-c4cc(-c5ccc(-c6cccc(-c7ccc8c9ccccc9n(-c9cccc(-c%10ccccc%10)c9)c8c7)c6)cc5)nc(Cl)n4)cc3)c2)C=CC1. The van der Waals surface area contributed by atoms with Crippen molar-refractivity contribution in [1.29, 1.82) is 0 Å². The second-order valence-electron chi connectivity index (χ2n) is 18.2. The molecule has 0 N–H and O–H groups in total. The molecule has 1 atom stereocenters. The lowest BCUT2D eigenvalue weighted by Crippen LogP contribution is -2.20. The van der Waals surface area contributed by atoms with Crippen molar-refractivity contribution in [2.45, 2.75) is 18.8 Å². The molecule has 0 saturated carbocycles. The summed E-state index contributed by atoms with van der Waals surface area (Å²) in [5.74, 6) is 0. The molecule has 1 unspecified atom stereocenters. The Labute approximate surface area is 408 Å². The second kappa shape index (κ2) is 17.7. The van der Waals surface area contributed by atoms with E-state index in [1.807, 2.05) is 6.07 Å². The molecular weight excluding hydrogens is 858 g/mol. The highest BCUT2D eigenvalue weighted by atomic mass is 35.5. The number of nitrogens with zero attached hydrogens (tertiary/aromatic N) is 3. The number of fused-ring (bicyclic) bond motifs is 3. The van der Waals surface area contributed by atoms with Gasteiger partial charge in [0.1, 0.15) is 0 Å². The summed E-state index contributed by atoms with van der Waals surface area (Å²) in [5, 5.41) is 2.69. The number of rotatable bonds is 9. The Hall–Kier alpha value is -8.37. The van der Waals surface area contributed by atoms with Crippen molar-refractivity contribution in [3.63, 3.8) is 0 Å². The topological polar surface area (TPSA) is 30.7 Å². The van der Waals surface area contributed by atoms with Crippen LogP contribution in [0.25, 0.3) is 100 Å². The van der Waals surface area contributed by atoms with Crippen molar-refractivity contribution in [1.82, 2.24) is 14.5 Å². The minimum Gasteiger partial charge on any atom is -0.309 e. The van der Waals surface area contributed by atoms with Gasteiger partial charge in [0, 0.05) is 33.0 Å². The van der Waals surface area contributed by atoms with Gasteiger partial charge in [-0.05, 0) is 122 Å². The lowest BCUT2D eigenvalue weighted by atomic mass is 9.75. The van der Waals surface area contributed by atoms with E-state index < -0.39 is 0 Å². The van der Waals surface area contributed by atoms with E-state index >= 15 is 0 Å². The van der Waals surface area contributed by atoms with Crippen LogP contribution in [0.5, 0.6) is 0 Å². The minimum atomic E-state index is -0.0465. The lowest BCUT2D eigenvalue weighted by Gasteiger charge is -2.29. The average molecular weight is 905 g/mol. The molecule has 69 heavy (non-hydrogen) atoms. The van der Waals surface area contributed by atoms with Gasteiger partial charge in [-0.15, -0.1) is 0 Å². The maximum absolute atomic E-state index is 6.63. The van der Waals surface area contributed by atoms with Crippen LogP contribution in [-0.4, -0.2) is 14.5 Å². The number of aromatic nitrogens is 3. The third kappa shape index (κ3) is 8.18. The van der Waals surface area contributed by atoms with Gasteiger partial charge in [0.2, 0.25) is 5.28 Å². The van der Waals surface area contributed by atoms with Crippen LogP contribution >= 0.6 is 11.6 Å². The summed E-state index contributed by atoms with van der Waals surface area (Å²) in [7, 11) is 0. The van der Waals surface area contributed by atoms with Crippen LogP contribution < -0.4 is 0 Å². The maximum atomic E-state index is 6.63. The zero-order valence-electron chi connectivity index (χ0n) is 38.1. The predicted octanol–water partition coefficient (Wildman–Crippen LogP) is 17.5. The molecule has 1 aliphatic rings. The number of hydrogen-bond acceptors (Lipinski definition) is 2. The van der Waals surface area contributed by atoms with Gasteiger partial charge in [0.05, 0.1) is 22.4 Å². The Morgan fingerprint density at radius 1 is 0.406 bits per heavy atom. The highest BCUT2D eigenvalue weighted by molar-refractivity contribution is 6.28. The summed E-state index contributed by atoms with van der Waals surface area (Å²) >= 11 is 6.63. The largest absolute Gasteiger partial charge is 0.309 e. The number of halogens is 1. The molecule has 2 aromatic heterocycles. The predicted molar refractivity (Wildman–Crippen MR) is 290 cm³/mol. The van der Waals surface area contributed by atoms with Crippen molar-refractivity contribution >= 4 is 39.0 Å². The Balaban J connectivity index is 0.800. The monoisotopic (exact) mass is 903 g/mol. The molecule has 0 bridgehead atoms. The summed E-state index contributed by atoms with van der Waals surface area (Å²) in [6, 6.07) is 82.5. The standard InChI is InChI=1S/C65H46ClN3/c1-65(56-22-6-3-7-23-56)37-13-21-55(43-65)52-19-11-17-50(39-52)46-29-33-48(34-30-46)61-42-60(67-64(66)68-61)47-31-27-45(28-32-47)49-16-10-18-51(38-49)54-35-36-59-58-25-8-9-26-62(58)69(63(59)41-54)57-24-12-20-53(40-57)44-14-4-2-5-15-44/h2-36,38-43H,37H2,1H3. The lowest BCUT2D eigenvalue weighted by molar-refractivity contribution is 0.602. The Bertz CT molecular complexity index is 3750. The van der Waals surface area contributed by atoms with Gasteiger partial charge in [-0.1, -0.05) is 213 Å². The molecule has 3 nitrogen and oxygen atoms in total. The molecule has 0 spiro atoms. The highest BCUT2D eigenvalue weighted by Gasteiger charge is 2.26. The van der Waals surface area contributed by atoms with Crippen LogP contribution in [0.2, 0.25) is 5.28 Å². The van der Waals surface area contributed by atoms with Crippen molar-refractivity contribution in [3.8, 4) is 72.7 Å². The molecule has 0 fully saturated rings. The average Bonchev–Trinajstić information content (AvgIpc) is 3.75. The fraction of sp³-hybridized carbons (Fsp3) is 0.0462. The molecule has 0 saturated heterocycles. The number of benzene rings is 9. The van der Waals surface area contributed by atoms with Gasteiger partial charge < -0.3 is 4.57 Å². The van der Waals surface area contributed by atoms with E-state index in [9.17, 15) is 0 Å². The van der Waals surface area contributed by atoms with Gasteiger partial charge >= 0.3 is 0 Å². The van der Waals surface area contributed by atoms with Crippen molar-refractivity contribution in [2.75, 3.05) is 0 Å². The maximum Gasteiger partial charge on any atom is 0.223 e. The van der Waals surface area contributed by atoms with Crippen LogP contribution in [0.3, 0.4) is 0 Å². The molecular formula is C65H46ClN3. The van der Waals surface area contributed by atoms with Gasteiger partial charge in [-0.2, -0.15) is 0 Å². The molecule has 9 aromatic carbocycles. The molecule has 11 aromatic rings. The molecule has 328 valence electrons. The highest BCUT2D eigenvalue weighted by Crippen LogP contribution is 2.40. The van der Waals surface area contributed by atoms with Gasteiger partial charge in [-0.3, -0.25) is 0 Å². The smallest absolute Gasteiger partial charge is 0.223 e. The minimum absolute atomic E-state index is 0.0465. The van der Waals surface area contributed by atoms with E-state index in [0.29, 0.717) is 0 Å². The van der Waals surface area contributed by atoms with E-state index in [4.69, 9.17) is 11.6 Å². The van der Waals surface area contributed by atoms with Gasteiger partial charge in [0.15, 0.2) is 0 Å². The van der Waals surface area contributed by atoms with E-state index in [1.165, 1.54) is 49.6 Å². The van der Waals surface area contributed by atoms with Gasteiger partial charge in [-0.25, -0.2) is 9.97 Å². The molecule has 2 heterocycles. The first-order valence-corrected chi connectivity index (χ1v) is 23.9. The van der Waals surface area contributed by atoms with Crippen LogP contribution in [-0.2, 0) is 5.41 Å². The van der Waals surface area contributed by atoms with E-state index in [0.717, 1.165) is 68.0 Å². The fourth-order valence-electron chi connectivity index (χ4n) is 10.1. The first kappa shape index (κ1) is 42.0. The third-order valence-corrected chi connectivity index (χ3v) is 13.9. The normalized spacial score (nSPS) is 14.6. The van der Waals surface area contributed by atoms with Crippen LogP contribution in [0.1, 0.15) is 24.5 Å². The van der Waals surface area contributed by atoms with E-state index in [-0.39, 0.29) is 10.7 Å². The van der Waals surface area contributed by atoms with Crippen LogP contribution in [0, 0.1) is 0 Å². The zero-order valence-corrected chi connectivity index (χ0v) is 38.9. The van der Waals surface area contributed by atoms with Crippen molar-refractivity contribution in [2.24, 2.45) is 0 Å². The van der Waals surface area contributed by atoms with E-state index in [1.54, 1.807) is 0 Å². The number of para-hydroxylation sites is 1. The molecule has 1 aliphatic carbocycles. The molecule has 0 radical (unpaired) electrons. The van der Waals surface area contributed by atoms with Gasteiger partial charge in [0.25, 0.3) is 0 Å². The molecule has 4 heteroatoms. The second-order valence-corrected chi connectivity index (χ2v) is 18.6. The number of hydrogen-bond donors (Lipinski definition) is 0. The molecule has 0 amide bonds. The van der Waals surface area contributed by atoms with Crippen LogP contribution in [0.4, 0.5) is 0 Å². The third-order valence-electron chi connectivity index (χ3n) is 13.8. The van der Waals surface area contributed by atoms with Crippen molar-refractivity contribution < 1.29 is 0 Å². The Kier molecular flexibility index (Phi) is 10.8. The summed E-state index contributed by atoms with van der Waals surface area (Å²) in [5.41, 5.74) is 20.0. The van der Waals surface area contributed by atoms with E-state index in [2.05, 4.69) is 264 Å². The molecule has 12 rings (SSSR count). The summed E-state index contributed by atoms with van der Waals surface area (Å²) in [4.78, 5) is 9.32. The molecule has 0 aliphatic heterocycles. The summed E-state index contributed by atoms with van der Waals surface area (Å²) in [6.45, 7) is 2.32. The number of allylic oxidation sites excluding steroid dienone is 4. The fourth-order valence-corrected chi connectivity index (χ4v) is 10.3. The van der Waals surface area contributed by atoms with Crippen LogP contribution in [0.15, 0.2) is 249 Å². The Morgan fingerprint density at radius 3 is 1.57 bits per heavy atom. The quantitative estimate of drug-likeness (QED) is 0.135. The first-order valence-electron chi connectivity index (χ1n) is 23.5. The summed E-state index contributed by atoms with van der Waals surface area (Å²) in [6.07, 6.45) is 7.96. The zero-order chi connectivity index (χ0) is 46.3. The first-order chi connectivity index (χ1) is 33.9.